The number of fused-ring (bicyclic) bond motifs is 3. The van der Waals surface area contributed by atoms with E-state index in [0.717, 1.165) is 36.9 Å². The molecule has 0 spiro atoms. The number of aromatic nitrogens is 1. The van der Waals surface area contributed by atoms with Crippen molar-refractivity contribution in [3.05, 3.63) is 29.0 Å². The number of hydrogen-bond donors (Lipinski definition) is 1. The van der Waals surface area contributed by atoms with Gasteiger partial charge in [-0.1, -0.05) is 0 Å². The van der Waals surface area contributed by atoms with Gasteiger partial charge in [0.1, 0.15) is 0 Å². The minimum atomic E-state index is -0.894. The number of pyridine rings is 1. The summed E-state index contributed by atoms with van der Waals surface area (Å²) in [7, 11) is 0. The summed E-state index contributed by atoms with van der Waals surface area (Å²) in [6.07, 6.45) is 3.72. The smallest absolute Gasteiger partial charge is 0.336 e. The minimum Gasteiger partial charge on any atom is -0.478 e. The first-order valence-electron chi connectivity index (χ1n) is 6.72. The predicted octanol–water partition coefficient (Wildman–Crippen LogP) is 2.54. The number of rotatable bonds is 1. The molecule has 1 aliphatic carbocycles. The van der Waals surface area contributed by atoms with E-state index in [1.54, 1.807) is 12.1 Å². The number of carbonyl (C=O) groups is 1. The summed E-state index contributed by atoms with van der Waals surface area (Å²) in [4.78, 5) is 16.3. The van der Waals surface area contributed by atoms with E-state index < -0.39 is 5.97 Å². The molecule has 0 radical (unpaired) electrons. The van der Waals surface area contributed by atoms with Gasteiger partial charge in [0.15, 0.2) is 11.5 Å². The number of carboxylic acid groups (broad SMARTS) is 1. The van der Waals surface area contributed by atoms with Crippen molar-refractivity contribution >= 4 is 16.9 Å². The van der Waals surface area contributed by atoms with E-state index in [4.69, 9.17) is 9.47 Å². The molecule has 4 rings (SSSR count). The van der Waals surface area contributed by atoms with Crippen LogP contribution in [0.25, 0.3) is 10.9 Å². The zero-order valence-electron chi connectivity index (χ0n) is 10.8. The fraction of sp³-hybridized carbons (Fsp3) is 0.333. The van der Waals surface area contributed by atoms with Crippen LogP contribution in [-0.4, -0.2) is 22.9 Å². The van der Waals surface area contributed by atoms with Gasteiger partial charge in [-0.05, 0) is 37.3 Å². The van der Waals surface area contributed by atoms with E-state index in [2.05, 4.69) is 4.98 Å². The molecule has 1 aromatic heterocycles. The Morgan fingerprint density at radius 3 is 2.70 bits per heavy atom. The zero-order valence-corrected chi connectivity index (χ0v) is 10.8. The molecule has 2 aliphatic rings. The first kappa shape index (κ1) is 11.5. The highest BCUT2D eigenvalue weighted by Crippen LogP contribution is 2.38. The molecule has 0 saturated heterocycles. The summed E-state index contributed by atoms with van der Waals surface area (Å²) >= 11 is 0. The van der Waals surface area contributed by atoms with Crippen molar-refractivity contribution in [3.63, 3.8) is 0 Å². The van der Waals surface area contributed by atoms with Gasteiger partial charge in [0.25, 0.3) is 0 Å². The fourth-order valence-electron chi connectivity index (χ4n) is 3.06. The minimum absolute atomic E-state index is 0.174. The van der Waals surface area contributed by atoms with E-state index >= 15 is 0 Å². The third-order valence-electron chi connectivity index (χ3n) is 3.97. The van der Waals surface area contributed by atoms with Gasteiger partial charge in [-0.3, -0.25) is 4.98 Å². The average Bonchev–Trinajstić information content (AvgIpc) is 2.88. The van der Waals surface area contributed by atoms with Crippen LogP contribution in [0.3, 0.4) is 0 Å². The van der Waals surface area contributed by atoms with Gasteiger partial charge >= 0.3 is 5.97 Å². The van der Waals surface area contributed by atoms with Crippen molar-refractivity contribution in [2.75, 3.05) is 6.79 Å². The highest BCUT2D eigenvalue weighted by molar-refractivity contribution is 6.05. The number of benzene rings is 1. The summed E-state index contributed by atoms with van der Waals surface area (Å²) in [6, 6.07) is 3.52. The van der Waals surface area contributed by atoms with E-state index in [1.165, 1.54) is 0 Å². The number of hydrogen-bond acceptors (Lipinski definition) is 4. The van der Waals surface area contributed by atoms with Crippen LogP contribution >= 0.6 is 0 Å². The maximum atomic E-state index is 11.7. The Hall–Kier alpha value is -2.30. The molecule has 1 aromatic carbocycles. The summed E-state index contributed by atoms with van der Waals surface area (Å²) in [5.74, 6) is 0.337. The van der Waals surface area contributed by atoms with Crippen LogP contribution in [0.1, 0.15) is 34.5 Å². The quantitative estimate of drug-likeness (QED) is 0.863. The highest BCUT2D eigenvalue weighted by atomic mass is 16.7. The lowest BCUT2D eigenvalue weighted by Crippen LogP contribution is -2.13. The van der Waals surface area contributed by atoms with Gasteiger partial charge < -0.3 is 14.6 Å². The summed E-state index contributed by atoms with van der Waals surface area (Å²) in [6.45, 7) is 0.174. The number of aryl methyl sites for hydroxylation is 1. The summed E-state index contributed by atoms with van der Waals surface area (Å²) in [5, 5.41) is 10.2. The zero-order chi connectivity index (χ0) is 13.7. The summed E-state index contributed by atoms with van der Waals surface area (Å²) in [5.41, 5.74) is 2.85. The van der Waals surface area contributed by atoms with Crippen molar-refractivity contribution in [3.8, 4) is 11.5 Å². The van der Waals surface area contributed by atoms with Crippen LogP contribution in [0, 0.1) is 0 Å². The van der Waals surface area contributed by atoms with Crippen molar-refractivity contribution in [1.29, 1.82) is 0 Å². The second-order valence-corrected chi connectivity index (χ2v) is 5.15. The van der Waals surface area contributed by atoms with Crippen molar-refractivity contribution < 1.29 is 19.4 Å². The number of ether oxygens (including phenoxy) is 2. The van der Waals surface area contributed by atoms with Crippen molar-refractivity contribution in [2.24, 2.45) is 0 Å². The van der Waals surface area contributed by atoms with Gasteiger partial charge in [-0.2, -0.15) is 0 Å². The Morgan fingerprint density at radius 1 is 1.15 bits per heavy atom. The molecule has 0 bridgehead atoms. The van der Waals surface area contributed by atoms with Gasteiger partial charge in [0, 0.05) is 17.1 Å². The molecular weight excluding hydrogens is 258 g/mol. The van der Waals surface area contributed by atoms with Gasteiger partial charge in [0.2, 0.25) is 6.79 Å². The summed E-state index contributed by atoms with van der Waals surface area (Å²) < 4.78 is 10.7. The van der Waals surface area contributed by atoms with E-state index in [0.29, 0.717) is 28.0 Å². The molecule has 0 saturated carbocycles. The normalized spacial score (nSPS) is 16.2. The molecule has 1 aliphatic heterocycles. The standard InChI is InChI=1S/C15H13NO4/c17-15(18)14-8-3-1-2-4-10(8)16-11-6-13-12(5-9(11)14)19-7-20-13/h5-6H,1-4,7H2,(H,17,18). The van der Waals surface area contributed by atoms with Crippen LogP contribution in [0.15, 0.2) is 12.1 Å². The first-order valence-corrected chi connectivity index (χ1v) is 6.72. The highest BCUT2D eigenvalue weighted by Gasteiger charge is 2.24. The molecule has 0 atom stereocenters. The Labute approximate surface area is 115 Å². The largest absolute Gasteiger partial charge is 0.478 e. The van der Waals surface area contributed by atoms with Crippen molar-refractivity contribution in [2.45, 2.75) is 25.7 Å². The Kier molecular flexibility index (Phi) is 2.36. The molecule has 0 amide bonds. The molecule has 102 valence electrons. The lowest BCUT2D eigenvalue weighted by Gasteiger charge is -2.18. The molecule has 5 heteroatoms. The third kappa shape index (κ3) is 1.56. The second kappa shape index (κ2) is 4.10. The molecular formula is C15H13NO4. The SMILES string of the molecule is O=C(O)c1c2c(nc3cc4c(cc13)OCO4)CCCC2. The molecule has 1 N–H and O–H groups in total. The maximum Gasteiger partial charge on any atom is 0.336 e. The maximum absolute atomic E-state index is 11.7. The molecule has 20 heavy (non-hydrogen) atoms. The van der Waals surface area contributed by atoms with Gasteiger partial charge in [-0.15, -0.1) is 0 Å². The molecule has 2 heterocycles. The third-order valence-corrected chi connectivity index (χ3v) is 3.97. The van der Waals surface area contributed by atoms with Crippen LogP contribution in [-0.2, 0) is 12.8 Å². The lowest BCUT2D eigenvalue weighted by molar-refractivity contribution is 0.0697. The Morgan fingerprint density at radius 2 is 1.90 bits per heavy atom. The monoisotopic (exact) mass is 271 g/mol. The lowest BCUT2D eigenvalue weighted by atomic mass is 9.90. The molecule has 0 fully saturated rings. The first-order chi connectivity index (χ1) is 9.74. The Bertz CT molecular complexity index is 738. The predicted molar refractivity (Wildman–Crippen MR) is 71.5 cm³/mol. The number of aromatic carboxylic acids is 1. The van der Waals surface area contributed by atoms with Crippen LogP contribution in [0.4, 0.5) is 0 Å². The van der Waals surface area contributed by atoms with Crippen molar-refractivity contribution in [1.82, 2.24) is 4.98 Å². The topological polar surface area (TPSA) is 68.7 Å². The van der Waals surface area contributed by atoms with Gasteiger partial charge in [0.05, 0.1) is 11.1 Å². The molecule has 5 nitrogen and oxygen atoms in total. The van der Waals surface area contributed by atoms with Crippen LogP contribution < -0.4 is 9.47 Å². The molecule has 2 aromatic rings. The second-order valence-electron chi connectivity index (χ2n) is 5.15. The van der Waals surface area contributed by atoms with E-state index in [9.17, 15) is 9.90 Å². The van der Waals surface area contributed by atoms with Gasteiger partial charge in [-0.25, -0.2) is 4.79 Å². The number of carboxylic acids is 1. The fourth-order valence-corrected chi connectivity index (χ4v) is 3.06. The van der Waals surface area contributed by atoms with E-state index in [1.807, 2.05) is 0 Å². The van der Waals surface area contributed by atoms with Crippen LogP contribution in [0.2, 0.25) is 0 Å². The average molecular weight is 271 g/mol. The van der Waals surface area contributed by atoms with E-state index in [-0.39, 0.29) is 6.79 Å². The number of nitrogens with zero attached hydrogens (tertiary/aromatic N) is 1. The molecule has 0 unspecified atom stereocenters. The Balaban J connectivity index is 2.08. The van der Waals surface area contributed by atoms with Crippen LogP contribution in [0.5, 0.6) is 11.5 Å².